The van der Waals surface area contributed by atoms with Gasteiger partial charge < -0.3 is 4.90 Å². The molecule has 12 rings (SSSR count). The van der Waals surface area contributed by atoms with E-state index in [1.165, 1.54) is 86.6 Å². The smallest absolute Gasteiger partial charge is 0.0714 e. The average Bonchev–Trinajstić information content (AvgIpc) is 3.88. The molecule has 1 heterocycles. The van der Waals surface area contributed by atoms with Crippen LogP contribution in [0.5, 0.6) is 0 Å². The second-order valence-corrected chi connectivity index (χ2v) is 17.0. The second-order valence-electron chi connectivity index (χ2n) is 15.9. The van der Waals surface area contributed by atoms with E-state index in [2.05, 4.69) is 241 Å². The number of para-hydroxylation sites is 1. The molecule has 0 saturated carbocycles. The Balaban J connectivity index is 1.23. The Labute approximate surface area is 360 Å². The second kappa shape index (κ2) is 14.3. The summed E-state index contributed by atoms with van der Waals surface area (Å²) < 4.78 is 2.56. The lowest BCUT2D eigenvalue weighted by molar-refractivity contribution is 0.768. The first kappa shape index (κ1) is 35.4. The van der Waals surface area contributed by atoms with Gasteiger partial charge >= 0.3 is 0 Å². The fourth-order valence-electron chi connectivity index (χ4n) is 10.2. The highest BCUT2D eigenvalue weighted by molar-refractivity contribution is 7.26. The Morgan fingerprint density at radius 2 is 0.902 bits per heavy atom. The van der Waals surface area contributed by atoms with Crippen molar-refractivity contribution in [2.75, 3.05) is 4.90 Å². The fourth-order valence-corrected chi connectivity index (χ4v) is 11.5. The Morgan fingerprint density at radius 3 is 1.69 bits per heavy atom. The van der Waals surface area contributed by atoms with Gasteiger partial charge in [-0.1, -0.05) is 212 Å². The van der Waals surface area contributed by atoms with Crippen molar-refractivity contribution in [1.82, 2.24) is 0 Å². The van der Waals surface area contributed by atoms with Crippen LogP contribution in [-0.2, 0) is 5.41 Å². The monoisotopic (exact) mass is 793 g/mol. The van der Waals surface area contributed by atoms with E-state index in [9.17, 15) is 0 Å². The quantitative estimate of drug-likeness (QED) is 0.155. The van der Waals surface area contributed by atoms with Crippen molar-refractivity contribution in [2.45, 2.75) is 5.41 Å². The Bertz CT molecular complexity index is 3380. The number of rotatable bonds is 7. The highest BCUT2D eigenvalue weighted by Crippen LogP contribution is 2.60. The van der Waals surface area contributed by atoms with Crippen LogP contribution in [0.25, 0.3) is 64.3 Å². The van der Waals surface area contributed by atoms with Crippen LogP contribution in [0, 0.1) is 0 Å². The standard InChI is InChI=1S/C59H39NS/c1-4-20-41(21-5-1)45-38-39-54(57-49-31-14-17-37-55(49)61-58(45)57)60(52-35-16-13-29-47(52)46-32-18-23-40-22-10-11-28-44(40)46)53-36-19-34-51-56(53)48-30-12-15-33-50(48)59(51,42-24-6-2-7-25-42)43-26-8-3-9-27-43/h1-39H. The molecule has 1 aromatic heterocycles. The third kappa shape index (κ3) is 5.39. The molecule has 0 amide bonds. The van der Waals surface area contributed by atoms with E-state index in [1.807, 2.05) is 11.3 Å². The number of hydrogen-bond acceptors (Lipinski definition) is 2. The zero-order chi connectivity index (χ0) is 40.3. The van der Waals surface area contributed by atoms with Gasteiger partial charge in [0.05, 0.1) is 22.5 Å². The lowest BCUT2D eigenvalue weighted by atomic mass is 9.68. The van der Waals surface area contributed by atoms with Gasteiger partial charge in [-0.05, 0) is 79.5 Å². The lowest BCUT2D eigenvalue weighted by Crippen LogP contribution is -2.28. The molecule has 11 aromatic rings. The van der Waals surface area contributed by atoms with E-state index >= 15 is 0 Å². The average molecular weight is 794 g/mol. The number of thiophene rings is 1. The SMILES string of the molecule is c1ccc(-c2ccc(N(c3ccccc3-c3cccc4ccccc34)c3cccc4c3-c3ccccc3C4(c3ccccc3)c3ccccc3)c3c2sc2ccccc23)cc1. The van der Waals surface area contributed by atoms with Gasteiger partial charge in [-0.2, -0.15) is 0 Å². The molecule has 0 spiro atoms. The minimum atomic E-state index is -0.535. The minimum absolute atomic E-state index is 0.535. The summed E-state index contributed by atoms with van der Waals surface area (Å²) in [6, 6.07) is 87.4. The van der Waals surface area contributed by atoms with Gasteiger partial charge in [0.2, 0.25) is 0 Å². The Hall–Kier alpha value is -7.52. The van der Waals surface area contributed by atoms with Crippen LogP contribution in [0.2, 0.25) is 0 Å². The van der Waals surface area contributed by atoms with Crippen LogP contribution in [-0.4, -0.2) is 0 Å². The van der Waals surface area contributed by atoms with Crippen molar-refractivity contribution in [2.24, 2.45) is 0 Å². The summed E-state index contributed by atoms with van der Waals surface area (Å²) in [5.41, 5.74) is 15.3. The van der Waals surface area contributed by atoms with Crippen molar-refractivity contribution in [3.8, 4) is 33.4 Å². The third-order valence-corrected chi connectivity index (χ3v) is 14.0. The van der Waals surface area contributed by atoms with Gasteiger partial charge in [-0.15, -0.1) is 11.3 Å². The molecule has 1 aliphatic carbocycles. The molecule has 0 bridgehead atoms. The molecule has 1 nitrogen and oxygen atoms in total. The van der Waals surface area contributed by atoms with Crippen molar-refractivity contribution in [3.05, 3.63) is 259 Å². The van der Waals surface area contributed by atoms with E-state index < -0.39 is 5.41 Å². The van der Waals surface area contributed by atoms with Gasteiger partial charge in [-0.3, -0.25) is 0 Å². The van der Waals surface area contributed by atoms with E-state index in [1.54, 1.807) is 0 Å². The summed E-state index contributed by atoms with van der Waals surface area (Å²) in [7, 11) is 0. The number of nitrogens with zero attached hydrogens (tertiary/aromatic N) is 1. The Morgan fingerprint density at radius 1 is 0.344 bits per heavy atom. The van der Waals surface area contributed by atoms with Crippen LogP contribution in [0.1, 0.15) is 22.3 Å². The van der Waals surface area contributed by atoms with Gasteiger partial charge in [0.25, 0.3) is 0 Å². The lowest BCUT2D eigenvalue weighted by Gasteiger charge is -2.35. The number of benzene rings is 10. The van der Waals surface area contributed by atoms with Gasteiger partial charge in [0.1, 0.15) is 0 Å². The van der Waals surface area contributed by atoms with E-state index in [0.29, 0.717) is 0 Å². The molecule has 61 heavy (non-hydrogen) atoms. The summed E-state index contributed by atoms with van der Waals surface area (Å²) in [4.78, 5) is 2.59. The summed E-state index contributed by atoms with van der Waals surface area (Å²) in [5.74, 6) is 0. The molecule has 1 aliphatic rings. The van der Waals surface area contributed by atoms with E-state index in [4.69, 9.17) is 0 Å². The summed E-state index contributed by atoms with van der Waals surface area (Å²) in [5, 5.41) is 4.98. The van der Waals surface area contributed by atoms with Gasteiger partial charge in [0, 0.05) is 31.3 Å². The number of anilines is 3. The maximum atomic E-state index is 2.59. The van der Waals surface area contributed by atoms with Crippen molar-refractivity contribution in [3.63, 3.8) is 0 Å². The molecule has 0 atom stereocenters. The van der Waals surface area contributed by atoms with Crippen LogP contribution < -0.4 is 4.90 Å². The first-order valence-corrected chi connectivity index (χ1v) is 21.8. The normalized spacial score (nSPS) is 12.7. The molecule has 0 radical (unpaired) electrons. The molecule has 286 valence electrons. The molecule has 0 fully saturated rings. The molecule has 0 saturated heterocycles. The predicted octanol–water partition coefficient (Wildman–Crippen LogP) is 16.4. The predicted molar refractivity (Wildman–Crippen MR) is 260 cm³/mol. The summed E-state index contributed by atoms with van der Waals surface area (Å²) >= 11 is 1.89. The zero-order valence-corrected chi connectivity index (χ0v) is 34.2. The Kier molecular flexibility index (Phi) is 8.33. The highest BCUT2D eigenvalue weighted by Gasteiger charge is 2.47. The topological polar surface area (TPSA) is 3.24 Å². The van der Waals surface area contributed by atoms with Crippen LogP contribution in [0.15, 0.2) is 237 Å². The van der Waals surface area contributed by atoms with Crippen LogP contribution in [0.4, 0.5) is 17.1 Å². The molecule has 2 heteroatoms. The third-order valence-electron chi connectivity index (χ3n) is 12.8. The fraction of sp³-hybridized carbons (Fsp3) is 0.0169. The maximum absolute atomic E-state index is 2.59. The minimum Gasteiger partial charge on any atom is -0.309 e. The molecule has 0 unspecified atom stereocenters. The molecular weight excluding hydrogens is 755 g/mol. The number of hydrogen-bond donors (Lipinski definition) is 0. The molecule has 10 aromatic carbocycles. The van der Waals surface area contributed by atoms with Crippen molar-refractivity contribution >= 4 is 59.3 Å². The van der Waals surface area contributed by atoms with Crippen molar-refractivity contribution < 1.29 is 0 Å². The van der Waals surface area contributed by atoms with E-state index in [0.717, 1.165) is 17.1 Å². The largest absolute Gasteiger partial charge is 0.309 e. The van der Waals surface area contributed by atoms with Crippen LogP contribution >= 0.6 is 11.3 Å². The first-order chi connectivity index (χ1) is 30.3. The first-order valence-electron chi connectivity index (χ1n) is 21.0. The molecule has 0 aliphatic heterocycles. The van der Waals surface area contributed by atoms with Gasteiger partial charge in [0.15, 0.2) is 0 Å². The summed E-state index contributed by atoms with van der Waals surface area (Å²) in [6.07, 6.45) is 0. The molecular formula is C59H39NS. The van der Waals surface area contributed by atoms with Crippen molar-refractivity contribution in [1.29, 1.82) is 0 Å². The summed E-state index contributed by atoms with van der Waals surface area (Å²) in [6.45, 7) is 0. The zero-order valence-electron chi connectivity index (χ0n) is 33.4. The van der Waals surface area contributed by atoms with E-state index in [-0.39, 0.29) is 0 Å². The van der Waals surface area contributed by atoms with Gasteiger partial charge in [-0.25, -0.2) is 0 Å². The number of fused-ring (bicyclic) bond motifs is 7. The molecule has 0 N–H and O–H groups in total. The van der Waals surface area contributed by atoms with Crippen LogP contribution in [0.3, 0.4) is 0 Å². The maximum Gasteiger partial charge on any atom is 0.0714 e. The highest BCUT2D eigenvalue weighted by atomic mass is 32.1.